The van der Waals surface area contributed by atoms with Gasteiger partial charge in [-0.05, 0) is 34.0 Å². The standard InChI is InChI=1S/C30H26S2/c1-3-11-25(12-4-1)19-21-27(29-17-9-23-31-29)15-7-8-16-28(30-18-10-24-32-30)22-20-26-13-5-2-6-14-26/h1-24,27-28H/b15-7+,16-8+,21-19+,22-20+. The lowest BCUT2D eigenvalue weighted by atomic mass is 10.0. The van der Waals surface area contributed by atoms with E-state index in [9.17, 15) is 0 Å². The van der Waals surface area contributed by atoms with E-state index in [1.54, 1.807) is 22.7 Å². The second-order valence-corrected chi connectivity index (χ2v) is 9.35. The highest BCUT2D eigenvalue weighted by atomic mass is 32.1. The molecule has 0 saturated heterocycles. The van der Waals surface area contributed by atoms with Crippen molar-refractivity contribution in [1.29, 1.82) is 0 Å². The van der Waals surface area contributed by atoms with E-state index in [2.05, 4.69) is 144 Å². The highest BCUT2D eigenvalue weighted by molar-refractivity contribution is 7.10. The molecule has 2 unspecified atom stereocenters. The predicted octanol–water partition coefficient (Wildman–Crippen LogP) is 9.22. The lowest BCUT2D eigenvalue weighted by Crippen LogP contribution is -1.88. The van der Waals surface area contributed by atoms with Gasteiger partial charge in [0.2, 0.25) is 0 Å². The van der Waals surface area contributed by atoms with Crippen LogP contribution in [0.25, 0.3) is 12.2 Å². The fourth-order valence-electron chi connectivity index (χ4n) is 3.40. The largest absolute Gasteiger partial charge is 0.148 e. The monoisotopic (exact) mass is 450 g/mol. The Morgan fingerprint density at radius 1 is 0.469 bits per heavy atom. The van der Waals surface area contributed by atoms with Crippen LogP contribution in [-0.4, -0.2) is 0 Å². The van der Waals surface area contributed by atoms with Crippen LogP contribution in [-0.2, 0) is 0 Å². The summed E-state index contributed by atoms with van der Waals surface area (Å²) >= 11 is 3.60. The molecule has 0 radical (unpaired) electrons. The summed E-state index contributed by atoms with van der Waals surface area (Å²) in [6.45, 7) is 0. The zero-order chi connectivity index (χ0) is 21.8. The van der Waals surface area contributed by atoms with E-state index in [0.717, 1.165) is 0 Å². The highest BCUT2D eigenvalue weighted by Crippen LogP contribution is 2.27. The molecule has 2 atom stereocenters. The van der Waals surface area contributed by atoms with Crippen molar-refractivity contribution in [2.24, 2.45) is 0 Å². The first-order valence-corrected chi connectivity index (χ1v) is 12.5. The molecule has 158 valence electrons. The molecule has 2 aromatic heterocycles. The first-order chi connectivity index (χ1) is 15.9. The zero-order valence-corrected chi connectivity index (χ0v) is 19.5. The van der Waals surface area contributed by atoms with E-state index >= 15 is 0 Å². The van der Waals surface area contributed by atoms with Gasteiger partial charge in [0.15, 0.2) is 0 Å². The molecule has 4 rings (SSSR count). The Hall–Kier alpha value is -3.20. The number of thiophene rings is 2. The van der Waals surface area contributed by atoms with E-state index in [1.165, 1.54) is 20.9 Å². The van der Waals surface area contributed by atoms with Crippen molar-refractivity contribution < 1.29 is 0 Å². The van der Waals surface area contributed by atoms with Crippen LogP contribution in [0.5, 0.6) is 0 Å². The SMILES string of the molecule is C(/C=C/C(/C=C/c1ccccc1)c1cccs1)=C\C(/C=C/c1ccccc1)c1cccs1. The summed E-state index contributed by atoms with van der Waals surface area (Å²) in [6, 6.07) is 29.6. The summed E-state index contributed by atoms with van der Waals surface area (Å²) in [7, 11) is 0. The molecule has 0 fully saturated rings. The lowest BCUT2D eigenvalue weighted by Gasteiger charge is -2.06. The van der Waals surface area contributed by atoms with Gasteiger partial charge in [0.05, 0.1) is 0 Å². The smallest absolute Gasteiger partial charge is 0.0299 e. The molecule has 0 aliphatic heterocycles. The third kappa shape index (κ3) is 6.65. The average molecular weight is 451 g/mol. The number of benzene rings is 2. The summed E-state index contributed by atoms with van der Waals surface area (Å²) < 4.78 is 0. The molecule has 0 N–H and O–H groups in total. The first kappa shape index (κ1) is 22.0. The van der Waals surface area contributed by atoms with Crippen molar-refractivity contribution >= 4 is 34.8 Å². The van der Waals surface area contributed by atoms with Gasteiger partial charge in [-0.15, -0.1) is 22.7 Å². The van der Waals surface area contributed by atoms with Crippen molar-refractivity contribution in [2.45, 2.75) is 11.8 Å². The first-order valence-electron chi connectivity index (χ1n) is 10.8. The van der Waals surface area contributed by atoms with Crippen LogP contribution in [0.3, 0.4) is 0 Å². The molecule has 0 saturated carbocycles. The van der Waals surface area contributed by atoms with Crippen LogP contribution >= 0.6 is 22.7 Å². The maximum absolute atomic E-state index is 2.28. The second kappa shape index (κ2) is 12.0. The van der Waals surface area contributed by atoms with Gasteiger partial charge in [0.1, 0.15) is 0 Å². The molecule has 0 amide bonds. The molecule has 32 heavy (non-hydrogen) atoms. The summed E-state index contributed by atoms with van der Waals surface area (Å²) in [4.78, 5) is 2.70. The van der Waals surface area contributed by atoms with Crippen molar-refractivity contribution in [3.63, 3.8) is 0 Å². The van der Waals surface area contributed by atoms with Crippen LogP contribution in [0, 0.1) is 0 Å². The number of allylic oxidation sites excluding steroid dienone is 6. The molecule has 2 heteroatoms. The van der Waals surface area contributed by atoms with E-state index in [0.29, 0.717) is 0 Å². The minimum atomic E-state index is 0.264. The Balaban J connectivity index is 1.49. The van der Waals surface area contributed by atoms with Crippen LogP contribution in [0.2, 0.25) is 0 Å². The van der Waals surface area contributed by atoms with Crippen LogP contribution in [0.15, 0.2) is 132 Å². The second-order valence-electron chi connectivity index (χ2n) is 7.39. The fourth-order valence-corrected chi connectivity index (χ4v) is 4.97. The zero-order valence-electron chi connectivity index (χ0n) is 17.8. The predicted molar refractivity (Wildman–Crippen MR) is 143 cm³/mol. The van der Waals surface area contributed by atoms with E-state index in [4.69, 9.17) is 0 Å². The quantitative estimate of drug-likeness (QED) is 0.223. The number of hydrogen-bond donors (Lipinski definition) is 0. The normalized spacial score (nSPS) is 14.1. The topological polar surface area (TPSA) is 0 Å². The molecule has 2 aromatic carbocycles. The Kier molecular flexibility index (Phi) is 8.25. The molecule has 0 bridgehead atoms. The van der Waals surface area contributed by atoms with E-state index in [1.807, 2.05) is 0 Å². The molecule has 0 spiro atoms. The summed E-state index contributed by atoms with van der Waals surface area (Å²) in [6.07, 6.45) is 17.9. The summed E-state index contributed by atoms with van der Waals surface area (Å²) in [5.41, 5.74) is 2.45. The molecule has 4 aromatic rings. The summed E-state index contributed by atoms with van der Waals surface area (Å²) in [5, 5.41) is 4.28. The van der Waals surface area contributed by atoms with Gasteiger partial charge in [-0.25, -0.2) is 0 Å². The Morgan fingerprint density at radius 3 is 1.28 bits per heavy atom. The number of hydrogen-bond acceptors (Lipinski definition) is 2. The van der Waals surface area contributed by atoms with Crippen LogP contribution in [0.4, 0.5) is 0 Å². The minimum Gasteiger partial charge on any atom is -0.148 e. The number of rotatable bonds is 9. The summed E-state index contributed by atoms with van der Waals surface area (Å²) in [5.74, 6) is 0.528. The van der Waals surface area contributed by atoms with Crippen LogP contribution < -0.4 is 0 Å². The molecule has 2 heterocycles. The van der Waals surface area contributed by atoms with E-state index in [-0.39, 0.29) is 11.8 Å². The maximum Gasteiger partial charge on any atom is 0.0299 e. The highest BCUT2D eigenvalue weighted by Gasteiger charge is 2.06. The van der Waals surface area contributed by atoms with Crippen molar-refractivity contribution in [3.8, 4) is 0 Å². The van der Waals surface area contributed by atoms with Crippen molar-refractivity contribution in [3.05, 3.63) is 153 Å². The van der Waals surface area contributed by atoms with Crippen molar-refractivity contribution in [1.82, 2.24) is 0 Å². The molecule has 0 aliphatic rings. The molecular weight excluding hydrogens is 424 g/mol. The van der Waals surface area contributed by atoms with Gasteiger partial charge in [-0.3, -0.25) is 0 Å². The van der Waals surface area contributed by atoms with Gasteiger partial charge in [0.25, 0.3) is 0 Å². The molecule has 0 nitrogen and oxygen atoms in total. The van der Waals surface area contributed by atoms with Gasteiger partial charge < -0.3 is 0 Å². The Morgan fingerprint density at radius 2 is 0.906 bits per heavy atom. The third-order valence-electron chi connectivity index (χ3n) is 5.08. The minimum absolute atomic E-state index is 0.264. The van der Waals surface area contributed by atoms with Gasteiger partial charge in [-0.1, -0.05) is 121 Å². The lowest BCUT2D eigenvalue weighted by molar-refractivity contribution is 1.12. The van der Waals surface area contributed by atoms with Crippen molar-refractivity contribution in [2.75, 3.05) is 0 Å². The molecule has 0 aliphatic carbocycles. The fraction of sp³-hybridized carbons (Fsp3) is 0.0667. The van der Waals surface area contributed by atoms with Crippen LogP contribution in [0.1, 0.15) is 32.7 Å². The van der Waals surface area contributed by atoms with Gasteiger partial charge in [-0.2, -0.15) is 0 Å². The average Bonchev–Trinajstić information content (AvgIpc) is 3.57. The third-order valence-corrected chi connectivity index (χ3v) is 7.03. The Bertz CT molecular complexity index is 1050. The van der Waals surface area contributed by atoms with E-state index < -0.39 is 0 Å². The van der Waals surface area contributed by atoms with Gasteiger partial charge >= 0.3 is 0 Å². The Labute approximate surface area is 199 Å². The van der Waals surface area contributed by atoms with Gasteiger partial charge in [0, 0.05) is 21.6 Å². The maximum atomic E-state index is 2.28. The molecular formula is C30H26S2.